The fourth-order valence-corrected chi connectivity index (χ4v) is 5.57. The van der Waals surface area contributed by atoms with Crippen LogP contribution >= 0.6 is 0 Å². The van der Waals surface area contributed by atoms with Crippen molar-refractivity contribution in [2.75, 3.05) is 25.5 Å². The highest BCUT2D eigenvalue weighted by molar-refractivity contribution is 7.89. The molecule has 0 aliphatic carbocycles. The predicted octanol–water partition coefficient (Wildman–Crippen LogP) is 2.90. The normalized spacial score (nSPS) is 14.2. The number of nitrogens with zero attached hydrogens (tertiary/aromatic N) is 4. The van der Waals surface area contributed by atoms with Gasteiger partial charge in [0.05, 0.1) is 23.3 Å². The minimum Gasteiger partial charge on any atom is -0.339 e. The average Bonchev–Trinajstić information content (AvgIpc) is 3.42. The molecule has 2 aromatic carbocycles. The van der Waals surface area contributed by atoms with Gasteiger partial charge in [-0.05, 0) is 55.7 Å². The fraction of sp³-hybridized carbons (Fsp3) is 0.375. The smallest absolute Gasteiger partial charge is 0.253 e. The van der Waals surface area contributed by atoms with Crippen molar-refractivity contribution in [1.82, 2.24) is 18.8 Å². The third-order valence-electron chi connectivity index (χ3n) is 6.11. The van der Waals surface area contributed by atoms with E-state index in [2.05, 4.69) is 10.3 Å². The lowest BCUT2D eigenvalue weighted by Crippen LogP contribution is -2.28. The summed E-state index contributed by atoms with van der Waals surface area (Å²) in [5, 5.41) is 2.60. The second-order valence-corrected chi connectivity index (χ2v) is 10.7. The Morgan fingerprint density at radius 2 is 1.82 bits per heavy atom. The Balaban J connectivity index is 1.63. The van der Waals surface area contributed by atoms with Gasteiger partial charge in [-0.2, -0.15) is 4.31 Å². The summed E-state index contributed by atoms with van der Waals surface area (Å²) in [7, 11) is -0.613. The number of anilines is 1. The van der Waals surface area contributed by atoms with Crippen molar-refractivity contribution in [3.8, 4) is 0 Å². The van der Waals surface area contributed by atoms with Crippen LogP contribution in [0.25, 0.3) is 11.0 Å². The van der Waals surface area contributed by atoms with E-state index in [-0.39, 0.29) is 28.9 Å². The highest BCUT2D eigenvalue weighted by Crippen LogP contribution is 2.27. The number of imidazole rings is 1. The molecule has 180 valence electrons. The summed E-state index contributed by atoms with van der Waals surface area (Å²) in [6.45, 7) is 4.69. The molecule has 0 saturated carbocycles. The lowest BCUT2D eigenvalue weighted by molar-refractivity contribution is -0.114. The Morgan fingerprint density at radius 1 is 1.12 bits per heavy atom. The van der Waals surface area contributed by atoms with Gasteiger partial charge in [-0.15, -0.1) is 0 Å². The topological polar surface area (TPSA) is 105 Å². The van der Waals surface area contributed by atoms with E-state index in [1.54, 1.807) is 37.3 Å². The summed E-state index contributed by atoms with van der Waals surface area (Å²) in [6, 6.07) is 10.3. The first-order chi connectivity index (χ1) is 16.1. The van der Waals surface area contributed by atoms with Gasteiger partial charge in [-0.25, -0.2) is 13.4 Å². The van der Waals surface area contributed by atoms with Gasteiger partial charge in [0.15, 0.2) is 0 Å². The Kier molecular flexibility index (Phi) is 6.46. The zero-order valence-electron chi connectivity index (χ0n) is 19.8. The van der Waals surface area contributed by atoms with Gasteiger partial charge in [0.2, 0.25) is 15.9 Å². The lowest BCUT2D eigenvalue weighted by Gasteiger charge is -2.19. The number of carbonyl (C=O) groups is 2. The van der Waals surface area contributed by atoms with E-state index in [0.29, 0.717) is 16.9 Å². The molecule has 1 aliphatic heterocycles. The lowest BCUT2D eigenvalue weighted by atomic mass is 10.2. The predicted molar refractivity (Wildman–Crippen MR) is 130 cm³/mol. The van der Waals surface area contributed by atoms with Crippen molar-refractivity contribution < 1.29 is 18.0 Å². The molecule has 2 heterocycles. The molecule has 4 rings (SSSR count). The third-order valence-corrected chi connectivity index (χ3v) is 7.96. The Hall–Kier alpha value is -3.24. The number of aromatic nitrogens is 2. The van der Waals surface area contributed by atoms with Crippen LogP contribution in [0.3, 0.4) is 0 Å². The summed E-state index contributed by atoms with van der Waals surface area (Å²) >= 11 is 0. The van der Waals surface area contributed by atoms with Crippen molar-refractivity contribution in [2.45, 2.75) is 38.1 Å². The fourth-order valence-electron chi connectivity index (χ4n) is 4.21. The van der Waals surface area contributed by atoms with Crippen LogP contribution in [0.15, 0.2) is 41.3 Å². The van der Waals surface area contributed by atoms with E-state index in [1.807, 2.05) is 22.6 Å². The number of benzene rings is 2. The molecule has 0 radical (unpaired) electrons. The van der Waals surface area contributed by atoms with Gasteiger partial charge in [0.1, 0.15) is 10.7 Å². The summed E-state index contributed by atoms with van der Waals surface area (Å²) in [4.78, 5) is 30.9. The number of hydrogen-bond donors (Lipinski definition) is 1. The van der Waals surface area contributed by atoms with Gasteiger partial charge in [0, 0.05) is 39.7 Å². The van der Waals surface area contributed by atoms with Crippen LogP contribution in [0.2, 0.25) is 0 Å². The maximum absolute atomic E-state index is 13.4. The first-order valence-electron chi connectivity index (χ1n) is 11.2. The molecule has 9 nitrogen and oxygen atoms in total. The maximum atomic E-state index is 13.4. The van der Waals surface area contributed by atoms with Crippen molar-refractivity contribution >= 4 is 38.6 Å². The van der Waals surface area contributed by atoms with E-state index in [0.717, 1.165) is 37.0 Å². The van der Waals surface area contributed by atoms with E-state index >= 15 is 0 Å². The molecule has 1 N–H and O–H groups in total. The molecule has 1 saturated heterocycles. The van der Waals surface area contributed by atoms with Crippen molar-refractivity contribution in [3.05, 3.63) is 53.3 Å². The van der Waals surface area contributed by atoms with Crippen molar-refractivity contribution in [3.63, 3.8) is 0 Å². The summed E-state index contributed by atoms with van der Waals surface area (Å²) in [5.74, 6) is 0.189. The van der Waals surface area contributed by atoms with Crippen LogP contribution in [-0.4, -0.2) is 59.1 Å². The van der Waals surface area contributed by atoms with Gasteiger partial charge in [-0.1, -0.05) is 6.07 Å². The van der Waals surface area contributed by atoms with E-state index in [4.69, 9.17) is 0 Å². The second-order valence-electron chi connectivity index (χ2n) is 8.73. The molecule has 2 amide bonds. The van der Waals surface area contributed by atoms with Gasteiger partial charge >= 0.3 is 0 Å². The van der Waals surface area contributed by atoms with Crippen LogP contribution in [0.1, 0.15) is 41.5 Å². The minimum atomic E-state index is -3.92. The summed E-state index contributed by atoms with van der Waals surface area (Å²) < 4.78 is 29.8. The summed E-state index contributed by atoms with van der Waals surface area (Å²) in [5.41, 5.74) is 3.04. The molecule has 0 unspecified atom stereocenters. The standard InChI is InChI=1S/C24H29N5O4S/c1-16-7-9-19(25-17(2)30)22(13-16)34(32,33)27(3)15-23-26-20-14-18(8-10-21(20)28(23)4)24(31)29-11-5-6-12-29/h7-10,13-14H,5-6,11-12,15H2,1-4H3,(H,25,30). The molecule has 0 bridgehead atoms. The molecule has 10 heteroatoms. The third kappa shape index (κ3) is 4.55. The monoisotopic (exact) mass is 483 g/mol. The van der Waals surface area contributed by atoms with E-state index in [9.17, 15) is 18.0 Å². The van der Waals surface area contributed by atoms with Crippen LogP contribution in [0.5, 0.6) is 0 Å². The number of aryl methyl sites for hydroxylation is 2. The zero-order chi connectivity index (χ0) is 24.6. The zero-order valence-corrected chi connectivity index (χ0v) is 20.6. The first-order valence-corrected chi connectivity index (χ1v) is 12.6. The Bertz CT molecular complexity index is 1370. The average molecular weight is 484 g/mol. The largest absolute Gasteiger partial charge is 0.339 e. The number of sulfonamides is 1. The quantitative estimate of drug-likeness (QED) is 0.581. The maximum Gasteiger partial charge on any atom is 0.253 e. The number of nitrogens with one attached hydrogen (secondary N) is 1. The number of likely N-dealkylation sites (tertiary alicyclic amines) is 1. The highest BCUT2D eigenvalue weighted by atomic mass is 32.2. The Labute approximate surface area is 199 Å². The van der Waals surface area contributed by atoms with Crippen LogP contribution in [-0.2, 0) is 28.4 Å². The molecule has 1 aromatic heterocycles. The molecule has 0 atom stereocenters. The minimum absolute atomic E-state index is 0.00347. The Morgan fingerprint density at radius 3 is 2.50 bits per heavy atom. The summed E-state index contributed by atoms with van der Waals surface area (Å²) in [6.07, 6.45) is 2.04. The molecule has 1 fully saturated rings. The van der Waals surface area contributed by atoms with Crippen molar-refractivity contribution in [2.24, 2.45) is 7.05 Å². The molecular formula is C24H29N5O4S. The number of fused-ring (bicyclic) bond motifs is 1. The van der Waals surface area contributed by atoms with Crippen LogP contribution < -0.4 is 5.32 Å². The number of carbonyl (C=O) groups excluding carboxylic acids is 2. The van der Waals surface area contributed by atoms with Gasteiger partial charge in [-0.3, -0.25) is 9.59 Å². The first kappa shape index (κ1) is 23.9. The molecule has 3 aromatic rings. The highest BCUT2D eigenvalue weighted by Gasteiger charge is 2.27. The second kappa shape index (κ2) is 9.19. The number of hydrogen-bond acceptors (Lipinski definition) is 5. The van der Waals surface area contributed by atoms with Crippen LogP contribution in [0, 0.1) is 6.92 Å². The molecular weight excluding hydrogens is 454 g/mol. The van der Waals surface area contributed by atoms with Gasteiger partial charge in [0.25, 0.3) is 5.91 Å². The molecule has 1 aliphatic rings. The molecule has 0 spiro atoms. The number of amides is 2. The van der Waals surface area contributed by atoms with E-state index in [1.165, 1.54) is 18.3 Å². The van der Waals surface area contributed by atoms with E-state index < -0.39 is 10.0 Å². The number of rotatable bonds is 6. The SMILES string of the molecule is CC(=O)Nc1ccc(C)cc1S(=O)(=O)N(C)Cc1nc2cc(C(=O)N3CCCC3)ccc2n1C. The van der Waals surface area contributed by atoms with Crippen LogP contribution in [0.4, 0.5) is 5.69 Å². The van der Waals surface area contributed by atoms with Crippen molar-refractivity contribution in [1.29, 1.82) is 0 Å². The molecule has 34 heavy (non-hydrogen) atoms. The van der Waals surface area contributed by atoms with Gasteiger partial charge < -0.3 is 14.8 Å².